The van der Waals surface area contributed by atoms with Crippen molar-refractivity contribution < 1.29 is 9.90 Å². The molecule has 1 aliphatic carbocycles. The van der Waals surface area contributed by atoms with Crippen LogP contribution in [0.4, 0.5) is 5.69 Å². The largest absolute Gasteiger partial charge is 0.478 e. The van der Waals surface area contributed by atoms with Gasteiger partial charge < -0.3 is 15.4 Å². The number of aromatic amines is 1. The number of carbonyl (C=O) groups is 1. The van der Waals surface area contributed by atoms with Crippen LogP contribution in [-0.4, -0.2) is 21.0 Å². The molecule has 0 radical (unpaired) electrons. The lowest BCUT2D eigenvalue weighted by molar-refractivity contribution is 0.0697. The highest BCUT2D eigenvalue weighted by Gasteiger charge is 2.24. The third-order valence-corrected chi connectivity index (χ3v) is 4.64. The maximum Gasteiger partial charge on any atom is 0.335 e. The van der Waals surface area contributed by atoms with E-state index in [0.717, 1.165) is 29.6 Å². The lowest BCUT2D eigenvalue weighted by Crippen LogP contribution is -2.12. The topological polar surface area (TPSA) is 95.1 Å². The molecule has 1 aromatic heterocycles. The van der Waals surface area contributed by atoms with E-state index < -0.39 is 5.97 Å². The summed E-state index contributed by atoms with van der Waals surface area (Å²) in [6.45, 7) is 1.78. The van der Waals surface area contributed by atoms with Crippen molar-refractivity contribution in [2.75, 3.05) is 5.32 Å². The summed E-state index contributed by atoms with van der Waals surface area (Å²) >= 11 is 0. The van der Waals surface area contributed by atoms with E-state index in [4.69, 9.17) is 5.11 Å². The summed E-state index contributed by atoms with van der Waals surface area (Å²) in [5.74, 6) is -0.324. The van der Waals surface area contributed by atoms with Gasteiger partial charge in [0.05, 0.1) is 22.5 Å². The van der Waals surface area contributed by atoms with Crippen LogP contribution in [0.1, 0.15) is 39.8 Å². The van der Waals surface area contributed by atoms with Crippen molar-refractivity contribution in [2.24, 2.45) is 0 Å². The van der Waals surface area contributed by atoms with Gasteiger partial charge in [0, 0.05) is 5.69 Å². The minimum Gasteiger partial charge on any atom is -0.478 e. The van der Waals surface area contributed by atoms with Gasteiger partial charge in [-0.05, 0) is 67.3 Å². The van der Waals surface area contributed by atoms with Gasteiger partial charge in [0.15, 0.2) is 0 Å². The predicted octanol–water partition coefficient (Wildman–Crippen LogP) is 3.03. The molecule has 4 rings (SSSR count). The van der Waals surface area contributed by atoms with E-state index in [2.05, 4.69) is 15.3 Å². The number of aromatic carboxylic acids is 1. The molecule has 0 fully saturated rings. The highest BCUT2D eigenvalue weighted by Crippen LogP contribution is 2.35. The van der Waals surface area contributed by atoms with Crippen LogP contribution in [-0.2, 0) is 6.42 Å². The average molecular weight is 335 g/mol. The van der Waals surface area contributed by atoms with Crippen molar-refractivity contribution in [3.05, 3.63) is 69.3 Å². The number of rotatable bonds is 3. The molecule has 25 heavy (non-hydrogen) atoms. The lowest BCUT2D eigenvalue weighted by Gasteiger charge is -2.16. The smallest absolute Gasteiger partial charge is 0.335 e. The first-order valence-corrected chi connectivity index (χ1v) is 8.14. The minimum atomic E-state index is -0.939. The zero-order valence-electron chi connectivity index (χ0n) is 13.7. The Balaban J connectivity index is 1.68. The van der Waals surface area contributed by atoms with Gasteiger partial charge in [-0.2, -0.15) is 0 Å². The number of hydrogen-bond donors (Lipinski definition) is 3. The predicted molar refractivity (Wildman–Crippen MR) is 95.2 cm³/mol. The van der Waals surface area contributed by atoms with Gasteiger partial charge in [-0.3, -0.25) is 4.79 Å². The number of carboxylic acid groups (broad SMARTS) is 1. The fourth-order valence-corrected chi connectivity index (χ4v) is 3.42. The van der Waals surface area contributed by atoms with E-state index in [-0.39, 0.29) is 17.2 Å². The number of nitrogens with one attached hydrogen (secondary N) is 2. The van der Waals surface area contributed by atoms with Crippen LogP contribution in [0.3, 0.4) is 0 Å². The molecule has 2 aromatic carbocycles. The van der Waals surface area contributed by atoms with Gasteiger partial charge in [-0.15, -0.1) is 0 Å². The number of benzene rings is 2. The highest BCUT2D eigenvalue weighted by molar-refractivity contribution is 5.88. The Labute approximate surface area is 143 Å². The Morgan fingerprint density at radius 2 is 2.04 bits per heavy atom. The van der Waals surface area contributed by atoms with E-state index in [0.29, 0.717) is 11.2 Å². The molecule has 0 amide bonds. The van der Waals surface area contributed by atoms with Crippen molar-refractivity contribution in [3.8, 4) is 0 Å². The molecule has 1 atom stereocenters. The second-order valence-electron chi connectivity index (χ2n) is 6.34. The normalized spacial score (nSPS) is 16.0. The Bertz CT molecular complexity index is 1040. The van der Waals surface area contributed by atoms with E-state index in [1.807, 2.05) is 12.1 Å². The van der Waals surface area contributed by atoms with Gasteiger partial charge in [-0.1, -0.05) is 0 Å². The molecular formula is C19H17N3O3. The number of aryl methyl sites for hydroxylation is 2. The molecule has 0 bridgehead atoms. The standard InChI is InChI=1S/C19H17N3O3/c1-10-20-17-8-12-4-7-16(14(12)9-15(17)18(23)21-10)22-13-5-2-11(3-6-13)19(24)25/h2-3,5-6,8-9,16,22H,4,7H2,1H3,(H,24,25)(H,20,21,23)/t16-/m0/s1. The third-order valence-electron chi connectivity index (χ3n) is 4.64. The van der Waals surface area contributed by atoms with Gasteiger partial charge in [0.2, 0.25) is 0 Å². The monoisotopic (exact) mass is 335 g/mol. The van der Waals surface area contributed by atoms with E-state index in [9.17, 15) is 9.59 Å². The molecule has 6 heteroatoms. The van der Waals surface area contributed by atoms with Crippen LogP contribution >= 0.6 is 0 Å². The SMILES string of the molecule is Cc1nc2cc3c(cc2c(=O)[nH]1)[C@@H](Nc1ccc(C(=O)O)cc1)CC3. The molecule has 3 N–H and O–H groups in total. The number of H-pyrrole nitrogens is 1. The second kappa shape index (κ2) is 5.73. The summed E-state index contributed by atoms with van der Waals surface area (Å²) in [4.78, 5) is 30.3. The molecule has 3 aromatic rings. The number of carboxylic acids is 1. The molecule has 1 heterocycles. The fraction of sp³-hybridized carbons (Fsp3) is 0.211. The zero-order chi connectivity index (χ0) is 17.6. The maximum absolute atomic E-state index is 12.2. The van der Waals surface area contributed by atoms with E-state index >= 15 is 0 Å². The molecule has 6 nitrogen and oxygen atoms in total. The van der Waals surface area contributed by atoms with Gasteiger partial charge in [-0.25, -0.2) is 9.78 Å². The summed E-state index contributed by atoms with van der Waals surface area (Å²) in [6, 6.07) is 10.7. The summed E-state index contributed by atoms with van der Waals surface area (Å²) < 4.78 is 0. The number of anilines is 1. The van der Waals surface area contributed by atoms with Crippen molar-refractivity contribution in [2.45, 2.75) is 25.8 Å². The first-order valence-electron chi connectivity index (χ1n) is 8.14. The Morgan fingerprint density at radius 1 is 1.28 bits per heavy atom. The van der Waals surface area contributed by atoms with Crippen LogP contribution in [0.25, 0.3) is 10.9 Å². The molecular weight excluding hydrogens is 318 g/mol. The molecule has 0 saturated heterocycles. The quantitative estimate of drug-likeness (QED) is 0.684. The van der Waals surface area contributed by atoms with Crippen LogP contribution in [0.2, 0.25) is 0 Å². The third kappa shape index (κ3) is 2.76. The first kappa shape index (κ1) is 15.4. The van der Waals surface area contributed by atoms with Crippen molar-refractivity contribution in [1.29, 1.82) is 0 Å². The number of nitrogens with zero attached hydrogens (tertiary/aromatic N) is 1. The molecule has 126 valence electrons. The average Bonchev–Trinajstić information content (AvgIpc) is 2.95. The van der Waals surface area contributed by atoms with Gasteiger partial charge in [0.1, 0.15) is 5.82 Å². The molecule has 0 aliphatic heterocycles. The summed E-state index contributed by atoms with van der Waals surface area (Å²) in [7, 11) is 0. The Morgan fingerprint density at radius 3 is 2.76 bits per heavy atom. The molecule has 0 unspecified atom stereocenters. The highest BCUT2D eigenvalue weighted by atomic mass is 16.4. The number of hydrogen-bond acceptors (Lipinski definition) is 4. The summed E-state index contributed by atoms with van der Waals surface area (Å²) in [5.41, 5.74) is 4.03. The Hall–Kier alpha value is -3.15. The van der Waals surface area contributed by atoms with Gasteiger partial charge in [0.25, 0.3) is 5.56 Å². The summed E-state index contributed by atoms with van der Waals surface area (Å²) in [5, 5.41) is 13.0. The van der Waals surface area contributed by atoms with Crippen LogP contribution in [0, 0.1) is 6.92 Å². The van der Waals surface area contributed by atoms with Crippen LogP contribution in [0.5, 0.6) is 0 Å². The first-order chi connectivity index (χ1) is 12.0. The second-order valence-corrected chi connectivity index (χ2v) is 6.34. The van der Waals surface area contributed by atoms with Gasteiger partial charge >= 0.3 is 5.97 Å². The van der Waals surface area contributed by atoms with E-state index in [1.165, 1.54) is 5.56 Å². The van der Waals surface area contributed by atoms with Crippen molar-refractivity contribution in [1.82, 2.24) is 9.97 Å². The minimum absolute atomic E-state index is 0.0933. The number of aromatic nitrogens is 2. The molecule has 0 spiro atoms. The Kier molecular flexibility index (Phi) is 3.53. The lowest BCUT2D eigenvalue weighted by atomic mass is 10.0. The molecule has 1 aliphatic rings. The zero-order valence-corrected chi connectivity index (χ0v) is 13.7. The molecule has 0 saturated carbocycles. The van der Waals surface area contributed by atoms with Crippen LogP contribution < -0.4 is 10.9 Å². The van der Waals surface area contributed by atoms with Crippen LogP contribution in [0.15, 0.2) is 41.2 Å². The van der Waals surface area contributed by atoms with Crippen molar-refractivity contribution >= 4 is 22.6 Å². The van der Waals surface area contributed by atoms with E-state index in [1.54, 1.807) is 31.2 Å². The fourth-order valence-electron chi connectivity index (χ4n) is 3.42. The number of fused-ring (bicyclic) bond motifs is 2. The van der Waals surface area contributed by atoms with Crippen molar-refractivity contribution in [3.63, 3.8) is 0 Å². The maximum atomic E-state index is 12.2. The summed E-state index contributed by atoms with van der Waals surface area (Å²) in [6.07, 6.45) is 1.84.